The van der Waals surface area contributed by atoms with Gasteiger partial charge in [-0.25, -0.2) is 0 Å². The maximum atomic E-state index is 11.0. The third-order valence-corrected chi connectivity index (χ3v) is 3.38. The van der Waals surface area contributed by atoms with Gasteiger partial charge in [0.15, 0.2) is 0 Å². The van der Waals surface area contributed by atoms with Crippen molar-refractivity contribution in [2.75, 3.05) is 0 Å². The average molecular weight is 215 g/mol. The van der Waals surface area contributed by atoms with E-state index in [1.54, 1.807) is 0 Å². The van der Waals surface area contributed by atoms with Crippen LogP contribution in [0.1, 0.15) is 13.8 Å². The molecular formula is C10H11ClOS. The molecule has 0 aliphatic rings. The van der Waals surface area contributed by atoms with Crippen LogP contribution < -0.4 is 0 Å². The molecule has 70 valence electrons. The van der Waals surface area contributed by atoms with Gasteiger partial charge in [0.2, 0.25) is 5.24 Å². The molecule has 0 saturated heterocycles. The highest BCUT2D eigenvalue weighted by molar-refractivity contribution is 8.01. The summed E-state index contributed by atoms with van der Waals surface area (Å²) < 4.78 is -0.553. The predicted molar refractivity (Wildman–Crippen MR) is 57.2 cm³/mol. The molecule has 0 spiro atoms. The van der Waals surface area contributed by atoms with Gasteiger partial charge in [-0.1, -0.05) is 18.2 Å². The minimum Gasteiger partial charge on any atom is -0.280 e. The minimum atomic E-state index is -0.553. The molecule has 3 heteroatoms. The summed E-state index contributed by atoms with van der Waals surface area (Å²) in [4.78, 5) is 12.1. The highest BCUT2D eigenvalue weighted by atomic mass is 35.5. The second kappa shape index (κ2) is 4.16. The second-order valence-corrected chi connectivity index (χ2v) is 5.24. The Balaban J connectivity index is 2.75. The molecule has 13 heavy (non-hydrogen) atoms. The van der Waals surface area contributed by atoms with Gasteiger partial charge in [-0.3, -0.25) is 4.79 Å². The summed E-state index contributed by atoms with van der Waals surface area (Å²) >= 11 is 6.93. The lowest BCUT2D eigenvalue weighted by Crippen LogP contribution is -2.22. The van der Waals surface area contributed by atoms with E-state index in [4.69, 9.17) is 11.6 Å². The average Bonchev–Trinajstić information content (AvgIpc) is 2.05. The third-order valence-electron chi connectivity index (χ3n) is 1.59. The van der Waals surface area contributed by atoms with E-state index in [9.17, 15) is 4.79 Å². The number of hydrogen-bond acceptors (Lipinski definition) is 2. The van der Waals surface area contributed by atoms with Crippen molar-refractivity contribution in [3.63, 3.8) is 0 Å². The molecular weight excluding hydrogens is 204 g/mol. The van der Waals surface area contributed by atoms with Gasteiger partial charge in [-0.05, 0) is 37.6 Å². The van der Waals surface area contributed by atoms with Crippen molar-refractivity contribution >= 4 is 28.6 Å². The smallest absolute Gasteiger partial charge is 0.237 e. The first-order valence-corrected chi connectivity index (χ1v) is 5.16. The van der Waals surface area contributed by atoms with E-state index in [0.717, 1.165) is 4.90 Å². The Hall–Kier alpha value is -0.470. The van der Waals surface area contributed by atoms with Gasteiger partial charge >= 0.3 is 0 Å². The summed E-state index contributed by atoms with van der Waals surface area (Å²) in [6.45, 7) is 3.64. The van der Waals surface area contributed by atoms with Crippen LogP contribution in [0.2, 0.25) is 0 Å². The largest absolute Gasteiger partial charge is 0.280 e. The standard InChI is InChI=1S/C10H11ClOS/c1-10(2,9(11)12)13-8-6-4-3-5-7-8/h3-7H,1-2H3. The van der Waals surface area contributed by atoms with Crippen molar-refractivity contribution in [2.45, 2.75) is 23.5 Å². The van der Waals surface area contributed by atoms with Crippen LogP contribution in [0.4, 0.5) is 0 Å². The van der Waals surface area contributed by atoms with Crippen molar-refractivity contribution in [2.24, 2.45) is 0 Å². The summed E-state index contributed by atoms with van der Waals surface area (Å²) in [6.07, 6.45) is 0. The Morgan fingerprint density at radius 1 is 1.31 bits per heavy atom. The lowest BCUT2D eigenvalue weighted by atomic mass is 10.2. The maximum absolute atomic E-state index is 11.0. The normalized spacial score (nSPS) is 11.3. The van der Waals surface area contributed by atoms with Gasteiger partial charge in [0, 0.05) is 4.90 Å². The van der Waals surface area contributed by atoms with E-state index in [2.05, 4.69) is 0 Å². The molecule has 0 amide bonds. The number of halogens is 1. The van der Waals surface area contributed by atoms with Crippen LogP contribution in [0.5, 0.6) is 0 Å². The Labute approximate surface area is 87.5 Å². The Kier molecular flexibility index (Phi) is 3.40. The lowest BCUT2D eigenvalue weighted by molar-refractivity contribution is -0.113. The molecule has 1 aromatic rings. The first-order chi connectivity index (χ1) is 6.02. The lowest BCUT2D eigenvalue weighted by Gasteiger charge is -2.18. The van der Waals surface area contributed by atoms with Crippen LogP contribution in [-0.2, 0) is 4.79 Å². The number of benzene rings is 1. The topological polar surface area (TPSA) is 17.1 Å². The molecule has 0 N–H and O–H groups in total. The number of carbonyl (C=O) groups is 1. The molecule has 1 nitrogen and oxygen atoms in total. The number of hydrogen-bond donors (Lipinski definition) is 0. The number of thioether (sulfide) groups is 1. The van der Waals surface area contributed by atoms with Gasteiger partial charge in [0.25, 0.3) is 0 Å². The van der Waals surface area contributed by atoms with Crippen LogP contribution in [0.25, 0.3) is 0 Å². The van der Waals surface area contributed by atoms with Crippen LogP contribution in [0, 0.1) is 0 Å². The zero-order valence-corrected chi connectivity index (χ0v) is 9.15. The fraction of sp³-hybridized carbons (Fsp3) is 0.300. The van der Waals surface area contributed by atoms with Gasteiger partial charge < -0.3 is 0 Å². The summed E-state index contributed by atoms with van der Waals surface area (Å²) in [5.41, 5.74) is 0. The first kappa shape index (κ1) is 10.6. The van der Waals surface area contributed by atoms with E-state index in [0.29, 0.717) is 0 Å². The molecule has 0 aliphatic heterocycles. The van der Waals surface area contributed by atoms with Crippen LogP contribution in [-0.4, -0.2) is 9.99 Å². The van der Waals surface area contributed by atoms with Crippen molar-refractivity contribution in [3.05, 3.63) is 30.3 Å². The summed E-state index contributed by atoms with van der Waals surface area (Å²) in [6, 6.07) is 9.76. The number of carbonyl (C=O) groups excluding carboxylic acids is 1. The van der Waals surface area contributed by atoms with Crippen molar-refractivity contribution < 1.29 is 4.79 Å². The van der Waals surface area contributed by atoms with E-state index >= 15 is 0 Å². The van der Waals surface area contributed by atoms with Gasteiger partial charge in [0.1, 0.15) is 0 Å². The number of rotatable bonds is 3. The zero-order chi connectivity index (χ0) is 9.90. The van der Waals surface area contributed by atoms with Gasteiger partial charge in [-0.2, -0.15) is 0 Å². The third kappa shape index (κ3) is 3.05. The highest BCUT2D eigenvalue weighted by Gasteiger charge is 2.26. The van der Waals surface area contributed by atoms with E-state index < -0.39 is 4.75 Å². The van der Waals surface area contributed by atoms with Gasteiger partial charge in [-0.15, -0.1) is 11.8 Å². The molecule has 0 bridgehead atoms. The van der Waals surface area contributed by atoms with Crippen molar-refractivity contribution in [1.29, 1.82) is 0 Å². The Morgan fingerprint density at radius 2 is 1.85 bits per heavy atom. The molecule has 1 rings (SSSR count). The highest BCUT2D eigenvalue weighted by Crippen LogP contribution is 2.33. The Morgan fingerprint density at radius 3 is 2.31 bits per heavy atom. The van der Waals surface area contributed by atoms with E-state index in [1.165, 1.54) is 11.8 Å². The molecule has 0 aromatic heterocycles. The molecule has 1 aromatic carbocycles. The fourth-order valence-corrected chi connectivity index (χ4v) is 1.90. The van der Waals surface area contributed by atoms with Crippen molar-refractivity contribution in [1.82, 2.24) is 0 Å². The van der Waals surface area contributed by atoms with Crippen LogP contribution in [0.15, 0.2) is 35.2 Å². The van der Waals surface area contributed by atoms with E-state index in [-0.39, 0.29) is 5.24 Å². The summed E-state index contributed by atoms with van der Waals surface area (Å²) in [5, 5.41) is -0.318. The molecule has 0 heterocycles. The first-order valence-electron chi connectivity index (χ1n) is 3.96. The SMILES string of the molecule is CC(C)(Sc1ccccc1)C(=O)Cl. The molecule has 0 saturated carbocycles. The predicted octanol–water partition coefficient (Wildman–Crippen LogP) is 3.32. The molecule has 0 fully saturated rings. The minimum absolute atomic E-state index is 0.318. The van der Waals surface area contributed by atoms with Crippen LogP contribution >= 0.6 is 23.4 Å². The summed E-state index contributed by atoms with van der Waals surface area (Å²) in [7, 11) is 0. The monoisotopic (exact) mass is 214 g/mol. The maximum Gasteiger partial charge on any atom is 0.237 e. The van der Waals surface area contributed by atoms with Gasteiger partial charge in [0.05, 0.1) is 4.75 Å². The summed E-state index contributed by atoms with van der Waals surface area (Å²) in [5.74, 6) is 0. The van der Waals surface area contributed by atoms with E-state index in [1.807, 2.05) is 44.2 Å². The molecule has 0 unspecified atom stereocenters. The molecule has 0 aliphatic carbocycles. The molecule has 0 radical (unpaired) electrons. The zero-order valence-electron chi connectivity index (χ0n) is 7.58. The molecule has 0 atom stereocenters. The fourth-order valence-electron chi connectivity index (χ4n) is 0.823. The van der Waals surface area contributed by atoms with Crippen LogP contribution in [0.3, 0.4) is 0 Å². The quantitative estimate of drug-likeness (QED) is 0.567. The Bertz CT molecular complexity index is 295. The van der Waals surface area contributed by atoms with Crippen molar-refractivity contribution in [3.8, 4) is 0 Å². The second-order valence-electron chi connectivity index (χ2n) is 3.20.